The van der Waals surface area contributed by atoms with E-state index in [0.717, 1.165) is 44.6 Å². The molecule has 3 fully saturated rings. The first-order valence-electron chi connectivity index (χ1n) is 12.9. The molecule has 1 N–H and O–H groups in total. The van der Waals surface area contributed by atoms with E-state index in [1.807, 2.05) is 24.1 Å². The van der Waals surface area contributed by atoms with Crippen LogP contribution in [0.5, 0.6) is 17.4 Å². The largest absolute Gasteiger partial charge is 0.494 e. The van der Waals surface area contributed by atoms with Crippen molar-refractivity contribution in [2.45, 2.75) is 18.4 Å². The van der Waals surface area contributed by atoms with Crippen LogP contribution >= 0.6 is 11.6 Å². The second-order valence-electron chi connectivity index (χ2n) is 11.2. The molecule has 2 saturated heterocycles. The van der Waals surface area contributed by atoms with Crippen LogP contribution in [0.1, 0.15) is 28.8 Å². The number of hydrogen-bond donors (Lipinski definition) is 1. The van der Waals surface area contributed by atoms with Crippen molar-refractivity contribution >= 4 is 34.8 Å². The van der Waals surface area contributed by atoms with Gasteiger partial charge in [-0.05, 0) is 31.5 Å². The molecule has 3 aromatic rings. The van der Waals surface area contributed by atoms with Crippen LogP contribution in [-0.2, 0) is 5.54 Å². The summed E-state index contributed by atoms with van der Waals surface area (Å²) in [5.41, 5.74) is 2.43. The molecule has 1 aliphatic carbocycles. The van der Waals surface area contributed by atoms with Gasteiger partial charge in [-0.1, -0.05) is 23.7 Å². The van der Waals surface area contributed by atoms with Crippen molar-refractivity contribution in [1.82, 2.24) is 19.8 Å². The van der Waals surface area contributed by atoms with Crippen LogP contribution < -0.4 is 19.7 Å². The number of halogens is 2. The average Bonchev–Trinajstić information content (AvgIpc) is 3.65. The zero-order valence-electron chi connectivity index (χ0n) is 21.9. The van der Waals surface area contributed by atoms with Gasteiger partial charge in [-0.3, -0.25) is 4.79 Å². The predicted molar refractivity (Wildman–Crippen MR) is 145 cm³/mol. The van der Waals surface area contributed by atoms with Crippen LogP contribution in [0.3, 0.4) is 0 Å². The Labute approximate surface area is 230 Å². The minimum Gasteiger partial charge on any atom is -0.494 e. The molecule has 1 saturated carbocycles. The summed E-state index contributed by atoms with van der Waals surface area (Å²) < 4.78 is 26.9. The molecule has 0 radical (unpaired) electrons. The zero-order chi connectivity index (χ0) is 27.1. The molecule has 1 amide bonds. The second-order valence-corrected chi connectivity index (χ2v) is 11.6. The number of amides is 1. The smallest absolute Gasteiger partial charge is 0.258 e. The Morgan fingerprint density at radius 3 is 2.56 bits per heavy atom. The summed E-state index contributed by atoms with van der Waals surface area (Å²) in [7, 11) is 5.46. The maximum atomic E-state index is 15.2. The molecule has 0 atom stereocenters. The van der Waals surface area contributed by atoms with Crippen molar-refractivity contribution < 1.29 is 18.7 Å². The Morgan fingerprint density at radius 2 is 1.87 bits per heavy atom. The van der Waals surface area contributed by atoms with Crippen molar-refractivity contribution in [1.29, 1.82) is 0 Å². The van der Waals surface area contributed by atoms with E-state index in [2.05, 4.69) is 27.2 Å². The molecule has 1 aromatic heterocycles. The lowest BCUT2D eigenvalue weighted by Crippen LogP contribution is -2.71. The fraction of sp³-hybridized carbons (Fsp3) is 0.393. The zero-order valence-corrected chi connectivity index (χ0v) is 22.7. The van der Waals surface area contributed by atoms with Gasteiger partial charge in [0.25, 0.3) is 5.91 Å². The van der Waals surface area contributed by atoms with E-state index in [9.17, 15) is 4.79 Å². The van der Waals surface area contributed by atoms with Crippen LogP contribution in [-0.4, -0.2) is 73.1 Å². The van der Waals surface area contributed by atoms with Crippen LogP contribution in [0.4, 0.5) is 21.7 Å². The average molecular weight is 551 g/mol. The van der Waals surface area contributed by atoms with Gasteiger partial charge in [-0.15, -0.1) is 0 Å². The highest BCUT2D eigenvalue weighted by Crippen LogP contribution is 2.57. The van der Waals surface area contributed by atoms with E-state index in [0.29, 0.717) is 28.4 Å². The van der Waals surface area contributed by atoms with Crippen LogP contribution in [0, 0.1) is 11.2 Å². The molecule has 2 spiro atoms. The maximum absolute atomic E-state index is 15.2. The van der Waals surface area contributed by atoms with E-state index in [1.54, 1.807) is 17.0 Å². The fourth-order valence-corrected chi connectivity index (χ4v) is 6.61. The molecule has 3 aliphatic heterocycles. The van der Waals surface area contributed by atoms with Crippen molar-refractivity contribution in [2.75, 3.05) is 57.6 Å². The van der Waals surface area contributed by atoms with Gasteiger partial charge in [-0.25, -0.2) is 9.37 Å². The third-order valence-electron chi connectivity index (χ3n) is 8.45. The normalized spacial score (nSPS) is 20.1. The Balaban J connectivity index is 1.14. The minimum absolute atomic E-state index is 0.0839. The van der Waals surface area contributed by atoms with Crippen molar-refractivity contribution in [3.63, 3.8) is 0 Å². The number of likely N-dealkylation sites (tertiary alicyclic amines) is 1. The fourth-order valence-electron chi connectivity index (χ4n) is 6.48. The first kappa shape index (κ1) is 24.4. The van der Waals surface area contributed by atoms with E-state index in [-0.39, 0.29) is 39.5 Å². The summed E-state index contributed by atoms with van der Waals surface area (Å²) in [4.78, 5) is 27.8. The molecule has 4 heterocycles. The van der Waals surface area contributed by atoms with Crippen LogP contribution in [0.15, 0.2) is 36.5 Å². The third kappa shape index (κ3) is 3.72. The number of hydrogen-bond acceptors (Lipinski definition) is 8. The molecule has 9 nitrogen and oxygen atoms in total. The SMILES string of the molecule is COc1cc(N2CC3(CN(C)C3)C2)c(F)cc1Nc1ncc(Cl)c(Oc2cccc3c2C(=O)N(C)C32CC2)n1. The number of methoxy groups -OCH3 is 1. The van der Waals surface area contributed by atoms with Gasteiger partial charge in [0.2, 0.25) is 11.8 Å². The quantitative estimate of drug-likeness (QED) is 0.475. The van der Waals surface area contributed by atoms with Crippen molar-refractivity contribution in [3.8, 4) is 17.4 Å². The third-order valence-corrected chi connectivity index (χ3v) is 8.71. The topological polar surface area (TPSA) is 83.1 Å². The van der Waals surface area contributed by atoms with Gasteiger partial charge in [0.05, 0.1) is 35.8 Å². The van der Waals surface area contributed by atoms with Crippen molar-refractivity contribution in [2.24, 2.45) is 5.41 Å². The number of fused-ring (bicyclic) bond motifs is 2. The molecular formula is C28H28ClFN6O3. The highest BCUT2D eigenvalue weighted by atomic mass is 35.5. The maximum Gasteiger partial charge on any atom is 0.258 e. The van der Waals surface area contributed by atoms with Gasteiger partial charge >= 0.3 is 0 Å². The molecule has 202 valence electrons. The first-order valence-corrected chi connectivity index (χ1v) is 13.3. The lowest BCUT2D eigenvalue weighted by atomic mass is 9.73. The summed E-state index contributed by atoms with van der Waals surface area (Å²) in [5.74, 6) is 0.639. The Bertz CT molecular complexity index is 1520. The molecule has 2 aromatic carbocycles. The number of benzene rings is 2. The summed E-state index contributed by atoms with van der Waals surface area (Å²) in [5, 5.41) is 3.21. The summed E-state index contributed by atoms with van der Waals surface area (Å²) in [6, 6.07) is 8.66. The summed E-state index contributed by atoms with van der Waals surface area (Å²) >= 11 is 6.38. The Hall–Kier alpha value is -3.63. The number of carbonyl (C=O) groups excluding carboxylic acids is 1. The highest BCUT2D eigenvalue weighted by molar-refractivity contribution is 6.31. The number of nitrogens with one attached hydrogen (secondary N) is 1. The Morgan fingerprint density at radius 1 is 1.10 bits per heavy atom. The van der Waals surface area contributed by atoms with Gasteiger partial charge < -0.3 is 29.5 Å². The monoisotopic (exact) mass is 550 g/mol. The number of nitrogens with zero attached hydrogens (tertiary/aromatic N) is 5. The van der Waals surface area contributed by atoms with Gasteiger partial charge in [0, 0.05) is 50.8 Å². The van der Waals surface area contributed by atoms with Crippen molar-refractivity contribution in [3.05, 3.63) is 58.5 Å². The van der Waals surface area contributed by atoms with E-state index in [4.69, 9.17) is 21.1 Å². The summed E-state index contributed by atoms with van der Waals surface area (Å²) in [6.07, 6.45) is 3.26. The summed E-state index contributed by atoms with van der Waals surface area (Å²) in [6.45, 7) is 3.73. The minimum atomic E-state index is -0.359. The molecule has 7 rings (SSSR count). The van der Waals surface area contributed by atoms with E-state index >= 15 is 4.39 Å². The number of aromatic nitrogens is 2. The first-order chi connectivity index (χ1) is 18.7. The number of carbonyl (C=O) groups is 1. The molecule has 11 heteroatoms. The highest BCUT2D eigenvalue weighted by Gasteiger charge is 2.57. The predicted octanol–water partition coefficient (Wildman–Crippen LogP) is 4.64. The molecular weight excluding hydrogens is 523 g/mol. The van der Waals surface area contributed by atoms with Gasteiger partial charge in [-0.2, -0.15) is 4.98 Å². The number of anilines is 3. The number of rotatable bonds is 6. The Kier molecular flexibility index (Phi) is 5.28. The lowest BCUT2D eigenvalue weighted by Gasteiger charge is -2.60. The molecule has 39 heavy (non-hydrogen) atoms. The molecule has 4 aliphatic rings. The lowest BCUT2D eigenvalue weighted by molar-refractivity contribution is -0.00272. The van der Waals surface area contributed by atoms with Crippen LogP contribution in [0.2, 0.25) is 5.02 Å². The second kappa shape index (κ2) is 8.43. The van der Waals surface area contributed by atoms with Gasteiger partial charge in [0.15, 0.2) is 0 Å². The standard InChI is InChI=1S/C28H28ClFN6O3/c1-34-12-27(13-34)14-36(15-27)20-10-22(38-3)19(9-18(20)30)32-26-31-11-17(29)24(33-26)39-21-6-4-5-16-23(21)25(37)35(2)28(16)7-8-28/h4-6,9-11H,7-8,12-15H2,1-3H3,(H,31,32,33). The van der Waals surface area contributed by atoms with E-state index < -0.39 is 0 Å². The molecule has 0 bridgehead atoms. The number of ether oxygens (including phenoxy) is 2. The molecule has 0 unspecified atom stereocenters. The van der Waals surface area contributed by atoms with E-state index in [1.165, 1.54) is 19.4 Å². The van der Waals surface area contributed by atoms with Gasteiger partial charge in [0.1, 0.15) is 22.3 Å². The van der Waals surface area contributed by atoms with Crippen LogP contribution in [0.25, 0.3) is 0 Å².